The molecule has 0 radical (unpaired) electrons. The van der Waals surface area contributed by atoms with Gasteiger partial charge in [-0.05, 0) is 18.9 Å². The molecule has 2 rings (SSSR count). The summed E-state index contributed by atoms with van der Waals surface area (Å²) >= 11 is 0. The number of rotatable bonds is 4. The number of benzene rings is 1. The van der Waals surface area contributed by atoms with E-state index in [2.05, 4.69) is 36.1 Å². The molecule has 1 N–H and O–H groups in total. The van der Waals surface area contributed by atoms with Gasteiger partial charge in [0.2, 0.25) is 0 Å². The molecule has 1 aromatic rings. The van der Waals surface area contributed by atoms with E-state index in [-0.39, 0.29) is 5.92 Å². The standard InChI is InChI=1S/C13H17NO2/c1-10-3-2-4-11(7-10)5-6-14-8-12(9-14)13(15)16/h2-4,7,12H,5-6,8-9H2,1H3,(H,15,16). The van der Waals surface area contributed by atoms with Crippen LogP contribution in [-0.4, -0.2) is 35.6 Å². The zero-order valence-electron chi connectivity index (χ0n) is 9.52. The first-order valence-electron chi connectivity index (χ1n) is 5.66. The lowest BCUT2D eigenvalue weighted by Crippen LogP contribution is -2.50. The van der Waals surface area contributed by atoms with Crippen LogP contribution in [0.2, 0.25) is 0 Å². The molecule has 3 nitrogen and oxygen atoms in total. The molecule has 0 saturated carbocycles. The topological polar surface area (TPSA) is 40.5 Å². The van der Waals surface area contributed by atoms with Crippen molar-refractivity contribution < 1.29 is 9.90 Å². The summed E-state index contributed by atoms with van der Waals surface area (Å²) in [6, 6.07) is 8.48. The molecule has 0 atom stereocenters. The lowest BCUT2D eigenvalue weighted by atomic mass is 9.99. The maximum absolute atomic E-state index is 10.6. The Bertz CT molecular complexity index is 383. The van der Waals surface area contributed by atoms with Crippen LogP contribution in [0.5, 0.6) is 0 Å². The Labute approximate surface area is 95.7 Å². The van der Waals surface area contributed by atoms with Gasteiger partial charge in [0, 0.05) is 19.6 Å². The summed E-state index contributed by atoms with van der Waals surface area (Å²) in [5, 5.41) is 8.75. The van der Waals surface area contributed by atoms with Crippen LogP contribution in [-0.2, 0) is 11.2 Å². The van der Waals surface area contributed by atoms with Crippen LogP contribution in [0, 0.1) is 12.8 Å². The zero-order chi connectivity index (χ0) is 11.5. The smallest absolute Gasteiger partial charge is 0.309 e. The Kier molecular flexibility index (Phi) is 3.25. The van der Waals surface area contributed by atoms with Gasteiger partial charge in [-0.3, -0.25) is 4.79 Å². The highest BCUT2D eigenvalue weighted by molar-refractivity contribution is 5.71. The molecule has 0 unspecified atom stereocenters. The second kappa shape index (κ2) is 4.66. The molecule has 0 aliphatic carbocycles. The third-order valence-electron chi connectivity index (χ3n) is 3.11. The highest BCUT2D eigenvalue weighted by atomic mass is 16.4. The Morgan fingerprint density at radius 2 is 2.25 bits per heavy atom. The monoisotopic (exact) mass is 219 g/mol. The van der Waals surface area contributed by atoms with Crippen LogP contribution in [0.1, 0.15) is 11.1 Å². The SMILES string of the molecule is Cc1cccc(CCN2CC(C(=O)O)C2)c1. The molecule has 3 heteroatoms. The first-order valence-corrected chi connectivity index (χ1v) is 5.66. The van der Waals surface area contributed by atoms with E-state index in [9.17, 15) is 4.79 Å². The van der Waals surface area contributed by atoms with Crippen molar-refractivity contribution in [2.45, 2.75) is 13.3 Å². The van der Waals surface area contributed by atoms with Gasteiger partial charge in [-0.15, -0.1) is 0 Å². The number of aryl methyl sites for hydroxylation is 1. The number of hydrogen-bond donors (Lipinski definition) is 1. The van der Waals surface area contributed by atoms with Gasteiger partial charge in [-0.2, -0.15) is 0 Å². The van der Waals surface area contributed by atoms with Crippen molar-refractivity contribution in [1.29, 1.82) is 0 Å². The van der Waals surface area contributed by atoms with Gasteiger partial charge in [0.1, 0.15) is 0 Å². The number of aliphatic carboxylic acids is 1. The van der Waals surface area contributed by atoms with Crippen molar-refractivity contribution in [2.24, 2.45) is 5.92 Å². The fraction of sp³-hybridized carbons (Fsp3) is 0.462. The lowest BCUT2D eigenvalue weighted by Gasteiger charge is -2.36. The predicted molar refractivity (Wildman–Crippen MR) is 62.4 cm³/mol. The first kappa shape index (κ1) is 11.1. The van der Waals surface area contributed by atoms with E-state index in [0.29, 0.717) is 13.1 Å². The highest BCUT2D eigenvalue weighted by Crippen LogP contribution is 2.16. The van der Waals surface area contributed by atoms with Crippen molar-refractivity contribution in [3.8, 4) is 0 Å². The summed E-state index contributed by atoms with van der Waals surface area (Å²) in [4.78, 5) is 12.8. The Morgan fingerprint density at radius 1 is 1.50 bits per heavy atom. The molecule has 1 saturated heterocycles. The van der Waals surface area contributed by atoms with E-state index in [0.717, 1.165) is 13.0 Å². The van der Waals surface area contributed by atoms with Crippen LogP contribution >= 0.6 is 0 Å². The van der Waals surface area contributed by atoms with Crippen LogP contribution in [0.3, 0.4) is 0 Å². The first-order chi connectivity index (χ1) is 7.65. The Morgan fingerprint density at radius 3 is 2.88 bits per heavy atom. The van der Waals surface area contributed by atoms with Gasteiger partial charge in [-0.25, -0.2) is 0 Å². The van der Waals surface area contributed by atoms with E-state index in [1.807, 2.05) is 0 Å². The van der Waals surface area contributed by atoms with E-state index >= 15 is 0 Å². The van der Waals surface area contributed by atoms with Crippen LogP contribution in [0.15, 0.2) is 24.3 Å². The second-order valence-corrected chi connectivity index (χ2v) is 4.53. The highest BCUT2D eigenvalue weighted by Gasteiger charge is 2.31. The molecule has 0 bridgehead atoms. The number of carbonyl (C=O) groups is 1. The summed E-state index contributed by atoms with van der Waals surface area (Å²) < 4.78 is 0. The molecule has 1 aromatic carbocycles. The third kappa shape index (κ3) is 2.61. The summed E-state index contributed by atoms with van der Waals surface area (Å²) in [5.41, 5.74) is 2.61. The van der Waals surface area contributed by atoms with Crippen LogP contribution < -0.4 is 0 Å². The molecule has 1 heterocycles. The lowest BCUT2D eigenvalue weighted by molar-refractivity contribution is -0.147. The molecule has 0 amide bonds. The number of carboxylic acids is 1. The van der Waals surface area contributed by atoms with Crippen molar-refractivity contribution in [3.63, 3.8) is 0 Å². The van der Waals surface area contributed by atoms with Gasteiger partial charge in [0.15, 0.2) is 0 Å². The van der Waals surface area contributed by atoms with E-state index < -0.39 is 5.97 Å². The van der Waals surface area contributed by atoms with Crippen LogP contribution in [0.4, 0.5) is 0 Å². The zero-order valence-corrected chi connectivity index (χ0v) is 9.52. The van der Waals surface area contributed by atoms with Gasteiger partial charge >= 0.3 is 5.97 Å². The largest absolute Gasteiger partial charge is 0.481 e. The van der Waals surface area contributed by atoms with Crippen molar-refractivity contribution in [1.82, 2.24) is 4.90 Å². The van der Waals surface area contributed by atoms with Gasteiger partial charge in [-0.1, -0.05) is 29.8 Å². The van der Waals surface area contributed by atoms with Crippen molar-refractivity contribution >= 4 is 5.97 Å². The average molecular weight is 219 g/mol. The maximum Gasteiger partial charge on any atom is 0.309 e. The minimum atomic E-state index is -0.660. The minimum absolute atomic E-state index is 0.141. The van der Waals surface area contributed by atoms with Crippen molar-refractivity contribution in [3.05, 3.63) is 35.4 Å². The van der Waals surface area contributed by atoms with E-state index in [1.54, 1.807) is 0 Å². The average Bonchev–Trinajstić information content (AvgIpc) is 2.14. The number of likely N-dealkylation sites (tertiary alicyclic amines) is 1. The van der Waals surface area contributed by atoms with E-state index in [4.69, 9.17) is 5.11 Å². The van der Waals surface area contributed by atoms with Crippen LogP contribution in [0.25, 0.3) is 0 Å². The molecule has 1 aliphatic rings. The Balaban J connectivity index is 1.75. The van der Waals surface area contributed by atoms with E-state index in [1.165, 1.54) is 11.1 Å². The minimum Gasteiger partial charge on any atom is -0.481 e. The predicted octanol–water partition coefficient (Wildman–Crippen LogP) is 1.55. The normalized spacial score (nSPS) is 17.1. The Hall–Kier alpha value is -1.35. The number of hydrogen-bond acceptors (Lipinski definition) is 2. The molecular weight excluding hydrogens is 202 g/mol. The van der Waals surface area contributed by atoms with Gasteiger partial charge in [0.25, 0.3) is 0 Å². The molecule has 1 fully saturated rings. The summed E-state index contributed by atoms with van der Waals surface area (Å²) in [5.74, 6) is -0.802. The molecule has 16 heavy (non-hydrogen) atoms. The van der Waals surface area contributed by atoms with Crippen molar-refractivity contribution in [2.75, 3.05) is 19.6 Å². The fourth-order valence-corrected chi connectivity index (χ4v) is 2.06. The quantitative estimate of drug-likeness (QED) is 0.835. The molecule has 86 valence electrons. The molecule has 0 aromatic heterocycles. The van der Waals surface area contributed by atoms with Gasteiger partial charge < -0.3 is 10.0 Å². The number of carboxylic acid groups (broad SMARTS) is 1. The fourth-order valence-electron chi connectivity index (χ4n) is 2.06. The summed E-state index contributed by atoms with van der Waals surface area (Å²) in [6.45, 7) is 4.48. The number of nitrogens with zero attached hydrogens (tertiary/aromatic N) is 1. The molecule has 1 aliphatic heterocycles. The molecule has 0 spiro atoms. The summed E-state index contributed by atoms with van der Waals surface area (Å²) in [6.07, 6.45) is 1.01. The summed E-state index contributed by atoms with van der Waals surface area (Å²) in [7, 11) is 0. The second-order valence-electron chi connectivity index (χ2n) is 4.53. The molecular formula is C13H17NO2. The van der Waals surface area contributed by atoms with Gasteiger partial charge in [0.05, 0.1) is 5.92 Å². The third-order valence-corrected chi connectivity index (χ3v) is 3.11. The maximum atomic E-state index is 10.6.